The smallest absolute Gasteiger partial charge is 0.308 e. The highest BCUT2D eigenvalue weighted by molar-refractivity contribution is 5.91. The van der Waals surface area contributed by atoms with E-state index in [1.807, 2.05) is 0 Å². The first-order valence-corrected chi connectivity index (χ1v) is 17.7. The van der Waals surface area contributed by atoms with E-state index in [0.29, 0.717) is 6.29 Å². The van der Waals surface area contributed by atoms with Gasteiger partial charge >= 0.3 is 5.97 Å². The summed E-state index contributed by atoms with van der Waals surface area (Å²) in [5.41, 5.74) is -1.48. The van der Waals surface area contributed by atoms with Gasteiger partial charge < -0.3 is 63.6 Å². The minimum absolute atomic E-state index is 0.0367. The van der Waals surface area contributed by atoms with Crippen molar-refractivity contribution in [3.8, 4) is 0 Å². The second kappa shape index (κ2) is 19.3. The highest BCUT2D eigenvalue weighted by Gasteiger charge is 2.51. The van der Waals surface area contributed by atoms with E-state index in [1.165, 1.54) is 26.2 Å². The van der Waals surface area contributed by atoms with Gasteiger partial charge in [-0.2, -0.15) is 0 Å². The summed E-state index contributed by atoms with van der Waals surface area (Å²) in [6, 6.07) is -0.759. The first-order chi connectivity index (χ1) is 23.9. The first kappa shape index (κ1) is 43.3. The van der Waals surface area contributed by atoms with Crippen molar-refractivity contribution in [2.45, 2.75) is 139 Å². The van der Waals surface area contributed by atoms with Gasteiger partial charge in [0.25, 0.3) is 0 Å². The van der Waals surface area contributed by atoms with Crippen LogP contribution in [0.15, 0.2) is 24.3 Å². The van der Waals surface area contributed by atoms with Crippen molar-refractivity contribution in [3.05, 3.63) is 24.3 Å². The van der Waals surface area contributed by atoms with Crippen molar-refractivity contribution in [1.29, 1.82) is 0 Å². The van der Waals surface area contributed by atoms with Crippen LogP contribution >= 0.6 is 0 Å². The predicted molar refractivity (Wildman–Crippen MR) is 182 cm³/mol. The monoisotopic (exact) mass is 729 g/mol. The molecule has 3 heterocycles. The van der Waals surface area contributed by atoms with Gasteiger partial charge in [-0.3, -0.25) is 9.59 Å². The molecule has 3 aliphatic rings. The van der Waals surface area contributed by atoms with Gasteiger partial charge in [0.2, 0.25) is 0 Å². The Morgan fingerprint density at radius 2 is 1.67 bits per heavy atom. The molecule has 15 heteroatoms. The van der Waals surface area contributed by atoms with Crippen LogP contribution in [0.1, 0.15) is 60.3 Å². The quantitative estimate of drug-likeness (QED) is 0.159. The van der Waals surface area contributed by atoms with Crippen molar-refractivity contribution in [1.82, 2.24) is 4.90 Å². The number of rotatable bonds is 9. The van der Waals surface area contributed by atoms with Gasteiger partial charge in [0.05, 0.1) is 49.1 Å². The molecule has 0 aromatic rings. The molecule has 16 atom stereocenters. The van der Waals surface area contributed by atoms with Crippen LogP contribution in [0, 0.1) is 17.8 Å². The van der Waals surface area contributed by atoms with E-state index >= 15 is 0 Å². The van der Waals surface area contributed by atoms with Crippen LogP contribution in [0.2, 0.25) is 0 Å². The maximum absolute atomic E-state index is 13.1. The largest absolute Gasteiger partial charge is 0.462 e. The average Bonchev–Trinajstić information content (AvgIpc) is 3.04. The Kier molecular flexibility index (Phi) is 16.3. The van der Waals surface area contributed by atoms with E-state index in [-0.39, 0.29) is 31.7 Å². The molecule has 0 saturated carbocycles. The van der Waals surface area contributed by atoms with Crippen molar-refractivity contribution < 1.29 is 68.3 Å². The predicted octanol–water partition coefficient (Wildman–Crippen LogP) is 0.272. The Morgan fingerprint density at radius 1 is 0.980 bits per heavy atom. The maximum Gasteiger partial charge on any atom is 0.308 e. The van der Waals surface area contributed by atoms with Crippen molar-refractivity contribution in [2.24, 2.45) is 17.8 Å². The Balaban J connectivity index is 1.96. The topological polar surface area (TPSA) is 211 Å². The second-order valence-electron chi connectivity index (χ2n) is 14.6. The highest BCUT2D eigenvalue weighted by atomic mass is 16.7. The zero-order valence-corrected chi connectivity index (χ0v) is 30.9. The number of carbonyl (C=O) groups is 3. The molecule has 0 aromatic heterocycles. The molecule has 0 bridgehead atoms. The van der Waals surface area contributed by atoms with E-state index in [2.05, 4.69) is 0 Å². The van der Waals surface area contributed by atoms with Crippen LogP contribution in [0.25, 0.3) is 0 Å². The van der Waals surface area contributed by atoms with Gasteiger partial charge in [0.15, 0.2) is 18.4 Å². The molecule has 3 rings (SSSR count). The standard InChI is InChI=1S/C36H59NO14/c1-19-15-23(13-14-38)32(33(46-8)26(41)16-27(42)47-20(2)24(18-39)11-9-10-12-25(19)40)51-35-30(43)29(37(6)7)31(21(3)49-35)50-28-17-36(5,45)34(44)22(4)48-28/h9-12,14,19-24,26,28-35,39,41,43-45H,13,15-18H2,1-8H3/t19-,20-,21?,22?,23+,24-,26?,28?,29?,30?,31?,32+,33+,34?,35?,36?/m1/s1. The fraction of sp³-hybridized carbons (Fsp3) is 0.806. The minimum atomic E-state index is -1.51. The normalized spacial score (nSPS) is 43.6. The zero-order chi connectivity index (χ0) is 38.2. The lowest BCUT2D eigenvalue weighted by molar-refractivity contribution is -0.344. The van der Waals surface area contributed by atoms with Gasteiger partial charge in [-0.25, -0.2) is 0 Å². The third kappa shape index (κ3) is 11.2. The van der Waals surface area contributed by atoms with Crippen LogP contribution in [-0.4, -0.2) is 155 Å². The van der Waals surface area contributed by atoms with Crippen LogP contribution in [0.4, 0.5) is 0 Å². The third-order valence-corrected chi connectivity index (χ3v) is 10.2. The number of methoxy groups -OCH3 is 1. The average molecular weight is 730 g/mol. The van der Waals surface area contributed by atoms with Crippen molar-refractivity contribution in [3.63, 3.8) is 0 Å². The number of cyclic esters (lactones) is 1. The summed E-state index contributed by atoms with van der Waals surface area (Å²) in [4.78, 5) is 39.9. The number of aliphatic hydroxyl groups excluding tert-OH is 4. The molecule has 5 N–H and O–H groups in total. The molecule has 15 nitrogen and oxygen atoms in total. The first-order valence-electron chi connectivity index (χ1n) is 17.7. The lowest BCUT2D eigenvalue weighted by Gasteiger charge is -2.50. The second-order valence-corrected chi connectivity index (χ2v) is 14.6. The molecule has 0 amide bonds. The summed E-state index contributed by atoms with van der Waals surface area (Å²) in [6.07, 6.45) is -5.53. The number of aliphatic hydroxyl groups is 5. The molecule has 0 spiro atoms. The lowest BCUT2D eigenvalue weighted by Crippen LogP contribution is -2.65. The number of carbonyl (C=O) groups excluding carboxylic acids is 3. The summed E-state index contributed by atoms with van der Waals surface area (Å²) in [7, 11) is 4.77. The minimum Gasteiger partial charge on any atom is -0.462 e. The molecule has 0 radical (unpaired) electrons. The Hall–Kier alpha value is -2.15. The Morgan fingerprint density at radius 3 is 2.25 bits per heavy atom. The van der Waals surface area contributed by atoms with Gasteiger partial charge in [-0.05, 0) is 60.2 Å². The number of ether oxygens (including phenoxy) is 6. The fourth-order valence-corrected chi connectivity index (χ4v) is 7.18. The number of aldehydes is 1. The van der Waals surface area contributed by atoms with E-state index in [0.717, 1.165) is 0 Å². The van der Waals surface area contributed by atoms with E-state index in [4.69, 9.17) is 28.4 Å². The van der Waals surface area contributed by atoms with Crippen LogP contribution in [0.3, 0.4) is 0 Å². The molecule has 51 heavy (non-hydrogen) atoms. The van der Waals surface area contributed by atoms with Crippen LogP contribution < -0.4 is 0 Å². The Labute approximate surface area is 300 Å². The molecule has 0 aliphatic carbocycles. The highest BCUT2D eigenvalue weighted by Crippen LogP contribution is 2.36. The fourth-order valence-electron chi connectivity index (χ4n) is 7.18. The van der Waals surface area contributed by atoms with Crippen LogP contribution in [0.5, 0.6) is 0 Å². The summed E-state index contributed by atoms with van der Waals surface area (Å²) < 4.78 is 36.1. The van der Waals surface area contributed by atoms with E-state index in [9.17, 15) is 39.9 Å². The van der Waals surface area contributed by atoms with Crippen molar-refractivity contribution >= 4 is 18.0 Å². The molecule has 2 fully saturated rings. The van der Waals surface area contributed by atoms with Crippen LogP contribution in [-0.2, 0) is 42.8 Å². The molecular formula is C36H59NO14. The molecule has 3 aliphatic heterocycles. The maximum atomic E-state index is 13.1. The summed E-state index contributed by atoms with van der Waals surface area (Å²) in [5, 5.41) is 54.2. The summed E-state index contributed by atoms with van der Waals surface area (Å²) in [6.45, 7) is 7.81. The molecule has 292 valence electrons. The molecule has 2 saturated heterocycles. The van der Waals surface area contributed by atoms with Gasteiger partial charge in [0.1, 0.15) is 36.8 Å². The number of ketones is 1. The van der Waals surface area contributed by atoms with E-state index in [1.54, 1.807) is 58.8 Å². The third-order valence-electron chi connectivity index (χ3n) is 10.2. The molecule has 0 aromatic carbocycles. The SMILES string of the molecule is CO[C@H]1C(O)CC(=O)O[C@H](C)[C@@H](CO)C=CC=CC(=O)[C@H](C)C[C@H](CC=O)[C@@H]1OC1OC(C)C(OC2CC(C)(O)C(O)C(C)O2)C(N(C)C)C1O. The number of likely N-dealkylation sites (N-methyl/N-ethyl adjacent to an activating group) is 1. The Bertz CT molecular complexity index is 1190. The number of esters is 1. The summed E-state index contributed by atoms with van der Waals surface area (Å²) >= 11 is 0. The number of nitrogens with zero attached hydrogens (tertiary/aromatic N) is 1. The van der Waals surface area contributed by atoms with E-state index < -0.39 is 109 Å². The number of allylic oxidation sites excluding steroid dienone is 3. The summed E-state index contributed by atoms with van der Waals surface area (Å²) in [5.74, 6) is -2.92. The van der Waals surface area contributed by atoms with Gasteiger partial charge in [-0.15, -0.1) is 0 Å². The number of hydrogen-bond donors (Lipinski definition) is 5. The van der Waals surface area contributed by atoms with Gasteiger partial charge in [0, 0.05) is 31.8 Å². The molecule has 10 unspecified atom stereocenters. The number of hydrogen-bond acceptors (Lipinski definition) is 15. The molecular weight excluding hydrogens is 670 g/mol. The lowest BCUT2D eigenvalue weighted by atomic mass is 9.83. The van der Waals surface area contributed by atoms with Gasteiger partial charge in [-0.1, -0.05) is 25.2 Å². The zero-order valence-electron chi connectivity index (χ0n) is 30.9. The van der Waals surface area contributed by atoms with Crippen molar-refractivity contribution in [2.75, 3.05) is 27.8 Å².